The van der Waals surface area contributed by atoms with Crippen molar-refractivity contribution in [2.75, 3.05) is 19.8 Å². The number of halogens is 2. The molecule has 0 saturated carbocycles. The van der Waals surface area contributed by atoms with Gasteiger partial charge in [-0.3, -0.25) is 9.59 Å². The Morgan fingerprint density at radius 1 is 1.50 bits per heavy atom. The highest BCUT2D eigenvalue weighted by molar-refractivity contribution is 5.94. The van der Waals surface area contributed by atoms with Gasteiger partial charge in [0.2, 0.25) is 5.91 Å². The predicted molar refractivity (Wildman–Crippen MR) is 70.5 cm³/mol. The maximum absolute atomic E-state index is 13.2. The number of carbonyl (C=O) groups is 2. The van der Waals surface area contributed by atoms with E-state index in [9.17, 15) is 23.5 Å². The summed E-state index contributed by atoms with van der Waals surface area (Å²) in [6, 6.07) is 1.41. The second-order valence-corrected chi connectivity index (χ2v) is 4.77. The van der Waals surface area contributed by atoms with Crippen LogP contribution in [0.25, 0.3) is 0 Å². The summed E-state index contributed by atoms with van der Waals surface area (Å²) >= 11 is 0. The molecule has 0 aliphatic carbocycles. The summed E-state index contributed by atoms with van der Waals surface area (Å²) in [6.45, 7) is -1.03. The van der Waals surface area contributed by atoms with Gasteiger partial charge < -0.3 is 20.5 Å². The summed E-state index contributed by atoms with van der Waals surface area (Å²) in [4.78, 5) is 26.9. The molecule has 0 radical (unpaired) electrons. The zero-order valence-electron chi connectivity index (χ0n) is 11.5. The molecule has 9 heteroatoms. The van der Waals surface area contributed by atoms with Crippen LogP contribution in [0.5, 0.6) is 5.75 Å². The van der Waals surface area contributed by atoms with Crippen molar-refractivity contribution < 1.29 is 28.2 Å². The normalized spacial score (nSPS) is 19.6. The van der Waals surface area contributed by atoms with Crippen LogP contribution in [-0.4, -0.2) is 53.6 Å². The first kappa shape index (κ1) is 16.1. The topological polar surface area (TPSA) is 101 Å². The van der Waals surface area contributed by atoms with E-state index in [0.29, 0.717) is 0 Å². The first-order valence-electron chi connectivity index (χ1n) is 6.57. The van der Waals surface area contributed by atoms with Gasteiger partial charge in [0.05, 0.1) is 6.61 Å². The SMILES string of the molecule is O=C(CCNC(=O)c1ncccc1O)NC1COCC1(F)F. The molecule has 1 atom stereocenters. The van der Waals surface area contributed by atoms with Gasteiger partial charge in [-0.15, -0.1) is 0 Å². The number of alkyl halides is 2. The third-order valence-corrected chi connectivity index (χ3v) is 3.06. The number of amides is 2. The maximum Gasteiger partial charge on any atom is 0.292 e. The Kier molecular flexibility index (Phi) is 4.86. The molecule has 1 aromatic rings. The van der Waals surface area contributed by atoms with Crippen molar-refractivity contribution in [3.63, 3.8) is 0 Å². The van der Waals surface area contributed by atoms with Crippen LogP contribution in [0.1, 0.15) is 16.9 Å². The van der Waals surface area contributed by atoms with Crippen molar-refractivity contribution in [1.82, 2.24) is 15.6 Å². The van der Waals surface area contributed by atoms with E-state index in [0.717, 1.165) is 0 Å². The smallest absolute Gasteiger partial charge is 0.292 e. The van der Waals surface area contributed by atoms with Gasteiger partial charge in [-0.05, 0) is 12.1 Å². The summed E-state index contributed by atoms with van der Waals surface area (Å²) in [5, 5.41) is 14.0. The molecule has 2 rings (SSSR count). The van der Waals surface area contributed by atoms with Crippen molar-refractivity contribution in [3.8, 4) is 5.75 Å². The monoisotopic (exact) mass is 315 g/mol. The number of pyridine rings is 1. The molecule has 120 valence electrons. The molecule has 2 heterocycles. The molecule has 1 aliphatic heterocycles. The molecule has 1 aromatic heterocycles. The van der Waals surface area contributed by atoms with Gasteiger partial charge in [-0.25, -0.2) is 13.8 Å². The van der Waals surface area contributed by atoms with Gasteiger partial charge >= 0.3 is 0 Å². The molecule has 22 heavy (non-hydrogen) atoms. The van der Waals surface area contributed by atoms with Gasteiger partial charge in [-0.1, -0.05) is 0 Å². The molecule has 0 bridgehead atoms. The number of aromatic hydroxyl groups is 1. The molecular weight excluding hydrogens is 300 g/mol. The van der Waals surface area contributed by atoms with E-state index in [1.165, 1.54) is 18.3 Å². The Bertz CT molecular complexity index is 568. The zero-order chi connectivity index (χ0) is 16.2. The van der Waals surface area contributed by atoms with Crippen LogP contribution in [0.2, 0.25) is 0 Å². The Hall–Kier alpha value is -2.29. The lowest BCUT2D eigenvalue weighted by Gasteiger charge is -2.18. The second-order valence-electron chi connectivity index (χ2n) is 4.77. The lowest BCUT2D eigenvalue weighted by molar-refractivity contribution is -0.124. The minimum absolute atomic E-state index is 0.0696. The number of nitrogens with one attached hydrogen (secondary N) is 2. The highest BCUT2D eigenvalue weighted by atomic mass is 19.3. The standard InChI is InChI=1S/C13H15F2N3O4/c14-13(15)7-22-6-9(13)18-10(20)3-5-17-12(21)11-8(19)2-1-4-16-11/h1-2,4,9,19H,3,5-7H2,(H,17,21)(H,18,20). The molecule has 1 saturated heterocycles. The van der Waals surface area contributed by atoms with E-state index in [1.807, 2.05) is 0 Å². The van der Waals surface area contributed by atoms with Crippen LogP contribution < -0.4 is 10.6 Å². The maximum atomic E-state index is 13.2. The Morgan fingerprint density at radius 3 is 2.91 bits per heavy atom. The predicted octanol–water partition coefficient (Wildman–Crippen LogP) is 0.0574. The van der Waals surface area contributed by atoms with Crippen molar-refractivity contribution in [1.29, 1.82) is 0 Å². The largest absolute Gasteiger partial charge is 0.505 e. The number of carbonyl (C=O) groups excluding carboxylic acids is 2. The molecule has 1 fully saturated rings. The van der Waals surface area contributed by atoms with E-state index in [1.54, 1.807) is 0 Å². The van der Waals surface area contributed by atoms with Crippen LogP contribution in [-0.2, 0) is 9.53 Å². The summed E-state index contributed by atoms with van der Waals surface area (Å²) in [5.74, 6) is -4.65. The number of ether oxygens (including phenoxy) is 1. The fourth-order valence-corrected chi connectivity index (χ4v) is 1.89. The van der Waals surface area contributed by atoms with Gasteiger partial charge in [-0.2, -0.15) is 0 Å². The number of rotatable bonds is 5. The van der Waals surface area contributed by atoms with Crippen molar-refractivity contribution in [2.45, 2.75) is 18.4 Å². The molecule has 1 unspecified atom stereocenters. The first-order valence-corrected chi connectivity index (χ1v) is 6.57. The minimum Gasteiger partial charge on any atom is -0.505 e. The molecule has 0 aromatic carbocycles. The molecule has 3 N–H and O–H groups in total. The average Bonchev–Trinajstić information content (AvgIpc) is 2.78. The van der Waals surface area contributed by atoms with E-state index in [-0.39, 0.29) is 31.0 Å². The van der Waals surface area contributed by atoms with Crippen LogP contribution in [0.4, 0.5) is 8.78 Å². The van der Waals surface area contributed by atoms with Crippen molar-refractivity contribution in [3.05, 3.63) is 24.0 Å². The van der Waals surface area contributed by atoms with Crippen LogP contribution in [0.15, 0.2) is 18.3 Å². The molecule has 1 aliphatic rings. The fraction of sp³-hybridized carbons (Fsp3) is 0.462. The number of nitrogens with zero attached hydrogens (tertiary/aromatic N) is 1. The molecular formula is C13H15F2N3O4. The highest BCUT2D eigenvalue weighted by Gasteiger charge is 2.45. The van der Waals surface area contributed by atoms with Gasteiger partial charge in [0.25, 0.3) is 11.8 Å². The summed E-state index contributed by atoms with van der Waals surface area (Å²) in [7, 11) is 0. The zero-order valence-corrected chi connectivity index (χ0v) is 11.5. The fourth-order valence-electron chi connectivity index (χ4n) is 1.89. The van der Waals surface area contributed by atoms with Gasteiger partial charge in [0.1, 0.15) is 18.4 Å². The van der Waals surface area contributed by atoms with E-state index in [4.69, 9.17) is 0 Å². The Labute approximate surface area is 124 Å². The summed E-state index contributed by atoms with van der Waals surface area (Å²) in [5.41, 5.74) is -0.168. The lowest BCUT2D eigenvalue weighted by Crippen LogP contribution is -2.47. The van der Waals surface area contributed by atoms with Crippen LogP contribution in [0, 0.1) is 0 Å². The minimum atomic E-state index is -3.08. The van der Waals surface area contributed by atoms with E-state index in [2.05, 4.69) is 20.4 Å². The highest BCUT2D eigenvalue weighted by Crippen LogP contribution is 2.25. The molecule has 7 nitrogen and oxygen atoms in total. The molecule has 0 spiro atoms. The quantitative estimate of drug-likeness (QED) is 0.713. The second kappa shape index (κ2) is 6.65. The summed E-state index contributed by atoms with van der Waals surface area (Å²) < 4.78 is 31.1. The summed E-state index contributed by atoms with van der Waals surface area (Å²) in [6.07, 6.45) is 1.16. The van der Waals surface area contributed by atoms with Gasteiger partial charge in [0, 0.05) is 19.2 Å². The number of aromatic nitrogens is 1. The van der Waals surface area contributed by atoms with Crippen LogP contribution >= 0.6 is 0 Å². The average molecular weight is 315 g/mol. The Balaban J connectivity index is 1.76. The number of hydrogen-bond donors (Lipinski definition) is 3. The third-order valence-electron chi connectivity index (χ3n) is 3.06. The third kappa shape index (κ3) is 3.88. The van der Waals surface area contributed by atoms with Gasteiger partial charge in [0.15, 0.2) is 5.69 Å². The van der Waals surface area contributed by atoms with E-state index >= 15 is 0 Å². The van der Waals surface area contributed by atoms with Crippen molar-refractivity contribution in [2.24, 2.45) is 0 Å². The van der Waals surface area contributed by atoms with E-state index < -0.39 is 30.4 Å². The Morgan fingerprint density at radius 2 is 2.27 bits per heavy atom. The van der Waals surface area contributed by atoms with Crippen LogP contribution in [0.3, 0.4) is 0 Å². The molecule has 2 amide bonds. The number of hydrogen-bond acceptors (Lipinski definition) is 5. The van der Waals surface area contributed by atoms with Crippen molar-refractivity contribution >= 4 is 11.8 Å². The first-order chi connectivity index (χ1) is 10.4. The lowest BCUT2D eigenvalue weighted by atomic mass is 10.2.